The molecule has 6 nitrogen and oxygen atoms in total. The van der Waals surface area contributed by atoms with Crippen LogP contribution in [0.25, 0.3) is 0 Å². The highest BCUT2D eigenvalue weighted by Crippen LogP contribution is 2.33. The first-order valence-corrected chi connectivity index (χ1v) is 11.1. The Morgan fingerprint density at radius 2 is 1.81 bits per heavy atom. The summed E-state index contributed by atoms with van der Waals surface area (Å²) >= 11 is 1.38. The molecule has 0 saturated carbocycles. The lowest BCUT2D eigenvalue weighted by atomic mass is 10.2. The average Bonchev–Trinajstić information content (AvgIpc) is 3.25. The number of halogens is 3. The zero-order chi connectivity index (χ0) is 22.5. The van der Waals surface area contributed by atoms with Crippen molar-refractivity contribution in [3.05, 3.63) is 82.6 Å². The monoisotopic (exact) mass is 467 g/mol. The molecule has 11 heteroatoms. The SMILES string of the molecule is O=C(CN(c1cccc(C(F)(F)F)c1)S(=O)(=O)c1ccccc1)N/N=C\c1cccs1. The molecule has 0 aliphatic carbocycles. The number of carbonyl (C=O) groups excluding carboxylic acids is 1. The molecule has 0 aliphatic rings. The number of anilines is 1. The van der Waals surface area contributed by atoms with Crippen LogP contribution in [0.2, 0.25) is 0 Å². The van der Waals surface area contributed by atoms with Gasteiger partial charge in [-0.25, -0.2) is 13.8 Å². The van der Waals surface area contributed by atoms with Crippen molar-refractivity contribution in [2.24, 2.45) is 5.10 Å². The quantitative estimate of drug-likeness (QED) is 0.420. The van der Waals surface area contributed by atoms with E-state index < -0.39 is 34.2 Å². The summed E-state index contributed by atoms with van der Waals surface area (Å²) in [5, 5.41) is 5.57. The van der Waals surface area contributed by atoms with Crippen LogP contribution in [0.4, 0.5) is 18.9 Å². The van der Waals surface area contributed by atoms with Crippen LogP contribution >= 0.6 is 11.3 Å². The van der Waals surface area contributed by atoms with Gasteiger partial charge >= 0.3 is 6.18 Å². The summed E-state index contributed by atoms with van der Waals surface area (Å²) in [5.41, 5.74) is 0.870. The zero-order valence-electron chi connectivity index (χ0n) is 15.8. The van der Waals surface area contributed by atoms with Crippen LogP contribution in [-0.4, -0.2) is 27.1 Å². The zero-order valence-corrected chi connectivity index (χ0v) is 17.4. The van der Waals surface area contributed by atoms with E-state index in [1.165, 1.54) is 47.9 Å². The number of carbonyl (C=O) groups is 1. The molecule has 0 spiro atoms. The Morgan fingerprint density at radius 1 is 1.06 bits per heavy atom. The molecule has 0 radical (unpaired) electrons. The first-order chi connectivity index (χ1) is 14.7. The van der Waals surface area contributed by atoms with Gasteiger partial charge in [0.05, 0.1) is 22.4 Å². The highest BCUT2D eigenvalue weighted by atomic mass is 32.2. The maximum Gasteiger partial charge on any atom is 0.416 e. The van der Waals surface area contributed by atoms with E-state index in [0.29, 0.717) is 10.4 Å². The highest BCUT2D eigenvalue weighted by Gasteiger charge is 2.33. The van der Waals surface area contributed by atoms with Gasteiger partial charge in [-0.05, 0) is 41.8 Å². The summed E-state index contributed by atoms with van der Waals surface area (Å²) in [6.07, 6.45) is -3.30. The Hall–Kier alpha value is -3.18. The molecule has 0 bridgehead atoms. The van der Waals surface area contributed by atoms with Gasteiger partial charge < -0.3 is 0 Å². The van der Waals surface area contributed by atoms with Crippen molar-refractivity contribution in [1.82, 2.24) is 5.43 Å². The van der Waals surface area contributed by atoms with Gasteiger partial charge in [-0.3, -0.25) is 9.10 Å². The van der Waals surface area contributed by atoms with Crippen molar-refractivity contribution < 1.29 is 26.4 Å². The Bertz CT molecular complexity index is 1160. The summed E-state index contributed by atoms with van der Waals surface area (Å²) < 4.78 is 66.3. The molecule has 1 amide bonds. The second-order valence-corrected chi connectivity index (χ2v) is 9.02. The number of rotatable bonds is 7. The van der Waals surface area contributed by atoms with E-state index in [0.717, 1.165) is 17.0 Å². The number of alkyl halides is 3. The third-order valence-electron chi connectivity index (χ3n) is 4.00. The Balaban J connectivity index is 1.92. The summed E-state index contributed by atoms with van der Waals surface area (Å²) in [6, 6.07) is 14.5. The third-order valence-corrected chi connectivity index (χ3v) is 6.60. The maximum absolute atomic E-state index is 13.1. The van der Waals surface area contributed by atoms with Crippen LogP contribution in [0.5, 0.6) is 0 Å². The number of hydrogen-bond acceptors (Lipinski definition) is 5. The maximum atomic E-state index is 13.1. The Morgan fingerprint density at radius 3 is 2.45 bits per heavy atom. The second kappa shape index (κ2) is 9.31. The van der Waals surface area contributed by atoms with E-state index in [4.69, 9.17) is 0 Å². The minimum Gasteiger partial charge on any atom is -0.271 e. The van der Waals surface area contributed by atoms with Crippen molar-refractivity contribution in [3.63, 3.8) is 0 Å². The van der Waals surface area contributed by atoms with Crippen LogP contribution < -0.4 is 9.73 Å². The van der Waals surface area contributed by atoms with Gasteiger partial charge in [-0.2, -0.15) is 18.3 Å². The summed E-state index contributed by atoms with van der Waals surface area (Å²) in [7, 11) is -4.32. The van der Waals surface area contributed by atoms with Gasteiger partial charge in [0.25, 0.3) is 15.9 Å². The largest absolute Gasteiger partial charge is 0.416 e. The molecule has 0 fully saturated rings. The van der Waals surface area contributed by atoms with Crippen LogP contribution in [0.15, 0.2) is 82.1 Å². The lowest BCUT2D eigenvalue weighted by molar-refractivity contribution is -0.137. The van der Waals surface area contributed by atoms with Gasteiger partial charge in [0.2, 0.25) is 0 Å². The minimum absolute atomic E-state index is 0.165. The summed E-state index contributed by atoms with van der Waals surface area (Å²) in [4.78, 5) is 13.0. The van der Waals surface area contributed by atoms with Crippen LogP contribution in [0, 0.1) is 0 Å². The van der Waals surface area contributed by atoms with E-state index in [9.17, 15) is 26.4 Å². The lowest BCUT2D eigenvalue weighted by Gasteiger charge is -2.24. The van der Waals surface area contributed by atoms with Crippen LogP contribution in [0.3, 0.4) is 0 Å². The van der Waals surface area contributed by atoms with Gasteiger partial charge in [0.1, 0.15) is 6.54 Å². The number of benzene rings is 2. The average molecular weight is 467 g/mol. The number of nitrogens with one attached hydrogen (secondary N) is 1. The van der Waals surface area contributed by atoms with E-state index in [2.05, 4.69) is 10.5 Å². The van der Waals surface area contributed by atoms with Crippen LogP contribution in [-0.2, 0) is 21.0 Å². The van der Waals surface area contributed by atoms with Crippen molar-refractivity contribution in [2.75, 3.05) is 10.8 Å². The molecule has 3 rings (SSSR count). The highest BCUT2D eigenvalue weighted by molar-refractivity contribution is 7.92. The number of hydrazone groups is 1. The Kier molecular flexibility index (Phi) is 6.76. The second-order valence-electron chi connectivity index (χ2n) is 6.18. The number of amides is 1. The van der Waals surface area contributed by atoms with E-state index in [1.807, 2.05) is 5.38 Å². The van der Waals surface area contributed by atoms with Crippen molar-refractivity contribution in [1.29, 1.82) is 0 Å². The molecular formula is C20H16F3N3O3S2. The third kappa shape index (κ3) is 5.70. The topological polar surface area (TPSA) is 78.8 Å². The van der Waals surface area contributed by atoms with E-state index in [-0.39, 0.29) is 10.6 Å². The van der Waals surface area contributed by atoms with Gasteiger partial charge in [0, 0.05) is 4.88 Å². The fourth-order valence-corrected chi connectivity index (χ4v) is 4.59. The normalized spacial score (nSPS) is 12.1. The fourth-order valence-electron chi connectivity index (χ4n) is 2.57. The predicted molar refractivity (Wildman–Crippen MR) is 112 cm³/mol. The number of sulfonamides is 1. The molecule has 0 atom stereocenters. The summed E-state index contributed by atoms with van der Waals surface area (Å²) in [5.74, 6) is -0.815. The first kappa shape index (κ1) is 22.5. The molecular weight excluding hydrogens is 451 g/mol. The van der Waals surface area contributed by atoms with Gasteiger partial charge in [-0.1, -0.05) is 30.3 Å². The minimum atomic E-state index is -4.68. The molecule has 1 aromatic heterocycles. The standard InChI is InChI=1S/C20H16F3N3O3S2/c21-20(22,23)15-6-4-7-16(12-15)26(31(28,29)18-9-2-1-3-10-18)14-19(27)25-24-13-17-8-5-11-30-17/h1-13H,14H2,(H,25,27)/b24-13-. The van der Waals surface area contributed by atoms with Crippen molar-refractivity contribution in [2.45, 2.75) is 11.1 Å². The Labute approximate surface area is 180 Å². The van der Waals surface area contributed by atoms with E-state index in [1.54, 1.807) is 18.2 Å². The predicted octanol–water partition coefficient (Wildman–Crippen LogP) is 4.11. The fraction of sp³-hybridized carbons (Fsp3) is 0.100. The molecule has 2 aromatic carbocycles. The van der Waals surface area contributed by atoms with Gasteiger partial charge in [-0.15, -0.1) is 11.3 Å². The van der Waals surface area contributed by atoms with Crippen molar-refractivity contribution in [3.8, 4) is 0 Å². The molecule has 0 saturated heterocycles. The number of nitrogens with zero attached hydrogens (tertiary/aromatic N) is 2. The van der Waals surface area contributed by atoms with Crippen molar-refractivity contribution >= 4 is 39.2 Å². The van der Waals surface area contributed by atoms with Gasteiger partial charge in [0.15, 0.2) is 0 Å². The molecule has 0 aliphatic heterocycles. The van der Waals surface area contributed by atoms with Crippen LogP contribution in [0.1, 0.15) is 10.4 Å². The molecule has 31 heavy (non-hydrogen) atoms. The lowest BCUT2D eigenvalue weighted by Crippen LogP contribution is -2.39. The first-order valence-electron chi connectivity index (χ1n) is 8.78. The molecule has 162 valence electrons. The number of thiophene rings is 1. The molecule has 0 unspecified atom stereocenters. The molecule has 1 N–H and O–H groups in total. The smallest absolute Gasteiger partial charge is 0.271 e. The molecule has 1 heterocycles. The molecule has 3 aromatic rings. The number of hydrogen-bond donors (Lipinski definition) is 1. The summed E-state index contributed by atoms with van der Waals surface area (Å²) in [6.45, 7) is -0.764. The van der Waals surface area contributed by atoms with E-state index >= 15 is 0 Å².